The third-order valence-corrected chi connectivity index (χ3v) is 2.99. The maximum Gasteiger partial charge on any atom is 0.419 e. The summed E-state index contributed by atoms with van der Waals surface area (Å²) in [6.07, 6.45) is -3.24. The molecule has 0 saturated carbocycles. The molecule has 1 rings (SSSR count). The third kappa shape index (κ3) is 4.76. The number of methoxy groups -OCH3 is 1. The topological polar surface area (TPSA) is 21.3 Å². The van der Waals surface area contributed by atoms with Crippen LogP contribution in [0.4, 0.5) is 17.6 Å². The van der Waals surface area contributed by atoms with Gasteiger partial charge < -0.3 is 10.1 Å². The van der Waals surface area contributed by atoms with E-state index in [2.05, 4.69) is 5.32 Å². The smallest absolute Gasteiger partial charge is 0.385 e. The maximum absolute atomic E-state index is 13.6. The Morgan fingerprint density at radius 3 is 2.50 bits per heavy atom. The Bertz CT molecular complexity index is 420. The van der Waals surface area contributed by atoms with Crippen LogP contribution >= 0.6 is 0 Å². The number of alkyl halides is 3. The summed E-state index contributed by atoms with van der Waals surface area (Å²) in [5, 5.41) is 3.14. The molecule has 0 heterocycles. The zero-order valence-corrected chi connectivity index (χ0v) is 11.6. The van der Waals surface area contributed by atoms with E-state index < -0.39 is 17.6 Å². The summed E-state index contributed by atoms with van der Waals surface area (Å²) in [5.41, 5.74) is -0.707. The van der Waals surface area contributed by atoms with Crippen LogP contribution in [0, 0.1) is 5.82 Å². The van der Waals surface area contributed by atoms with E-state index in [0.717, 1.165) is 18.6 Å². The van der Waals surface area contributed by atoms with E-state index in [1.54, 1.807) is 7.11 Å². The lowest BCUT2D eigenvalue weighted by Crippen LogP contribution is -2.22. The normalized spacial score (nSPS) is 13.5. The van der Waals surface area contributed by atoms with Crippen molar-refractivity contribution in [2.45, 2.75) is 32.0 Å². The van der Waals surface area contributed by atoms with E-state index in [-0.39, 0.29) is 6.04 Å². The van der Waals surface area contributed by atoms with Crippen LogP contribution in [-0.2, 0) is 10.9 Å². The molecule has 0 aliphatic carbocycles. The highest BCUT2D eigenvalue weighted by Crippen LogP contribution is 2.32. The lowest BCUT2D eigenvalue weighted by atomic mass is 10.00. The van der Waals surface area contributed by atoms with Crippen LogP contribution in [0.3, 0.4) is 0 Å². The van der Waals surface area contributed by atoms with Gasteiger partial charge in [-0.15, -0.1) is 0 Å². The van der Waals surface area contributed by atoms with E-state index in [1.807, 2.05) is 6.92 Å². The van der Waals surface area contributed by atoms with Crippen LogP contribution < -0.4 is 5.32 Å². The zero-order valence-electron chi connectivity index (χ0n) is 11.6. The molecule has 0 aliphatic rings. The lowest BCUT2D eigenvalue weighted by molar-refractivity contribution is -0.140. The second-order valence-corrected chi connectivity index (χ2v) is 4.48. The summed E-state index contributed by atoms with van der Waals surface area (Å²) in [5.74, 6) is -1.23. The van der Waals surface area contributed by atoms with E-state index in [9.17, 15) is 17.6 Å². The van der Waals surface area contributed by atoms with Crippen LogP contribution in [0.15, 0.2) is 18.2 Å². The molecule has 1 N–H and O–H groups in total. The number of nitrogens with one attached hydrogen (secondary N) is 1. The van der Waals surface area contributed by atoms with Gasteiger partial charge in [-0.05, 0) is 37.1 Å². The molecule has 0 amide bonds. The first-order valence-electron chi connectivity index (χ1n) is 6.49. The molecular formula is C14H19F4NO. The van der Waals surface area contributed by atoms with E-state index in [1.165, 1.54) is 6.07 Å². The van der Waals surface area contributed by atoms with Crippen molar-refractivity contribution in [2.24, 2.45) is 0 Å². The van der Waals surface area contributed by atoms with Crippen molar-refractivity contribution in [1.82, 2.24) is 5.32 Å². The average molecular weight is 293 g/mol. The largest absolute Gasteiger partial charge is 0.419 e. The number of hydrogen-bond acceptors (Lipinski definition) is 2. The highest BCUT2D eigenvalue weighted by molar-refractivity contribution is 5.28. The van der Waals surface area contributed by atoms with Crippen molar-refractivity contribution in [3.05, 3.63) is 35.1 Å². The van der Waals surface area contributed by atoms with Gasteiger partial charge in [0.2, 0.25) is 0 Å². The second kappa shape index (κ2) is 7.59. The molecule has 0 aromatic heterocycles. The van der Waals surface area contributed by atoms with Crippen molar-refractivity contribution in [3.63, 3.8) is 0 Å². The van der Waals surface area contributed by atoms with Gasteiger partial charge in [0, 0.05) is 19.8 Å². The molecule has 2 nitrogen and oxygen atoms in total. The molecular weight excluding hydrogens is 274 g/mol. The van der Waals surface area contributed by atoms with Gasteiger partial charge in [-0.1, -0.05) is 13.0 Å². The first-order valence-corrected chi connectivity index (χ1v) is 6.49. The van der Waals surface area contributed by atoms with Crippen LogP contribution in [0.25, 0.3) is 0 Å². The summed E-state index contributed by atoms with van der Waals surface area (Å²) < 4.78 is 56.0. The minimum atomic E-state index is -4.66. The van der Waals surface area contributed by atoms with Crippen LogP contribution in [0.5, 0.6) is 0 Å². The zero-order chi connectivity index (χ0) is 15.2. The monoisotopic (exact) mass is 293 g/mol. The fourth-order valence-corrected chi connectivity index (χ4v) is 2.04. The SMILES string of the molecule is CCNC(CCCOC)c1ccc(C(F)(F)F)c(F)c1. The van der Waals surface area contributed by atoms with E-state index in [0.29, 0.717) is 25.1 Å². The minimum Gasteiger partial charge on any atom is -0.385 e. The second-order valence-electron chi connectivity index (χ2n) is 4.48. The highest BCUT2D eigenvalue weighted by Gasteiger charge is 2.34. The summed E-state index contributed by atoms with van der Waals surface area (Å²) in [6, 6.07) is 2.91. The Labute approximate surface area is 116 Å². The van der Waals surface area contributed by atoms with Crippen LogP contribution in [-0.4, -0.2) is 20.3 Å². The summed E-state index contributed by atoms with van der Waals surface area (Å²) in [4.78, 5) is 0. The minimum absolute atomic E-state index is 0.174. The van der Waals surface area contributed by atoms with Crippen molar-refractivity contribution in [2.75, 3.05) is 20.3 Å². The van der Waals surface area contributed by atoms with Gasteiger partial charge in [-0.3, -0.25) is 0 Å². The van der Waals surface area contributed by atoms with Crippen LogP contribution in [0.2, 0.25) is 0 Å². The number of ether oxygens (including phenoxy) is 1. The highest BCUT2D eigenvalue weighted by atomic mass is 19.4. The van der Waals surface area contributed by atoms with Crippen LogP contribution in [0.1, 0.15) is 36.9 Å². The van der Waals surface area contributed by atoms with E-state index >= 15 is 0 Å². The predicted octanol–water partition coefficient (Wildman–Crippen LogP) is 3.92. The Kier molecular flexibility index (Phi) is 6.42. The van der Waals surface area contributed by atoms with Gasteiger partial charge in [0.25, 0.3) is 0 Å². The quantitative estimate of drug-likeness (QED) is 0.607. The predicted molar refractivity (Wildman–Crippen MR) is 68.9 cm³/mol. The summed E-state index contributed by atoms with van der Waals surface area (Å²) >= 11 is 0. The molecule has 0 fully saturated rings. The molecule has 1 atom stereocenters. The van der Waals surface area contributed by atoms with Gasteiger partial charge >= 0.3 is 6.18 Å². The molecule has 0 bridgehead atoms. The first kappa shape index (κ1) is 16.9. The Hall–Kier alpha value is -1.14. The van der Waals surface area contributed by atoms with Gasteiger partial charge in [0.05, 0.1) is 5.56 Å². The van der Waals surface area contributed by atoms with Gasteiger partial charge in [-0.2, -0.15) is 13.2 Å². The average Bonchev–Trinajstić information content (AvgIpc) is 2.36. The van der Waals surface area contributed by atoms with Crippen molar-refractivity contribution in [1.29, 1.82) is 0 Å². The molecule has 1 aromatic carbocycles. The molecule has 20 heavy (non-hydrogen) atoms. The maximum atomic E-state index is 13.6. The molecule has 0 radical (unpaired) electrons. The van der Waals surface area contributed by atoms with Gasteiger partial charge in [0.1, 0.15) is 5.82 Å². The molecule has 1 aromatic rings. The number of rotatable bonds is 7. The number of hydrogen-bond donors (Lipinski definition) is 1. The van der Waals surface area contributed by atoms with Crippen molar-refractivity contribution >= 4 is 0 Å². The van der Waals surface area contributed by atoms with E-state index in [4.69, 9.17) is 4.74 Å². The summed E-state index contributed by atoms with van der Waals surface area (Å²) in [6.45, 7) is 3.11. The Balaban J connectivity index is 2.89. The van der Waals surface area contributed by atoms with Gasteiger partial charge in [-0.25, -0.2) is 4.39 Å². The molecule has 1 unspecified atom stereocenters. The number of halogens is 4. The van der Waals surface area contributed by atoms with Crippen molar-refractivity contribution in [3.8, 4) is 0 Å². The first-order chi connectivity index (χ1) is 9.40. The molecule has 0 spiro atoms. The number of benzene rings is 1. The summed E-state index contributed by atoms with van der Waals surface area (Å²) in [7, 11) is 1.58. The molecule has 0 aliphatic heterocycles. The Morgan fingerprint density at radius 1 is 1.30 bits per heavy atom. The van der Waals surface area contributed by atoms with Gasteiger partial charge in [0.15, 0.2) is 0 Å². The molecule has 114 valence electrons. The molecule has 0 saturated heterocycles. The lowest BCUT2D eigenvalue weighted by Gasteiger charge is -2.19. The third-order valence-electron chi connectivity index (χ3n) is 2.99. The van der Waals surface area contributed by atoms with Crippen molar-refractivity contribution < 1.29 is 22.3 Å². The standard InChI is InChI=1S/C14H19F4NO/c1-3-19-13(5-4-8-20-2)10-6-7-11(12(15)9-10)14(16,17)18/h6-7,9,13,19H,3-5,8H2,1-2H3. The molecule has 6 heteroatoms. The fraction of sp³-hybridized carbons (Fsp3) is 0.571. The fourth-order valence-electron chi connectivity index (χ4n) is 2.04. The Morgan fingerprint density at radius 2 is 2.00 bits per heavy atom.